The fourth-order valence-corrected chi connectivity index (χ4v) is 2.60. The summed E-state index contributed by atoms with van der Waals surface area (Å²) in [5.41, 5.74) is 9.34. The van der Waals surface area contributed by atoms with Gasteiger partial charge in [0, 0.05) is 18.2 Å². The number of nitrogen functional groups attached to an aromatic ring is 1. The highest BCUT2D eigenvalue weighted by atomic mass is 19.1. The van der Waals surface area contributed by atoms with Crippen molar-refractivity contribution in [3.05, 3.63) is 54.1 Å². The molecule has 2 heterocycles. The molecule has 0 saturated carbocycles. The van der Waals surface area contributed by atoms with Gasteiger partial charge >= 0.3 is 0 Å². The van der Waals surface area contributed by atoms with Gasteiger partial charge in [0.05, 0.1) is 11.9 Å². The van der Waals surface area contributed by atoms with E-state index in [2.05, 4.69) is 22.0 Å². The van der Waals surface area contributed by atoms with Crippen molar-refractivity contribution in [1.29, 1.82) is 0 Å². The summed E-state index contributed by atoms with van der Waals surface area (Å²) in [4.78, 5) is 27.2. The number of ketones is 1. The van der Waals surface area contributed by atoms with E-state index >= 15 is 0 Å². The molecule has 8 heteroatoms. The number of nitrogens with two attached hydrogens (primary N) is 1. The molecule has 0 saturated heterocycles. The lowest BCUT2D eigenvalue weighted by Gasteiger charge is -2.07. The standard InChI is InChI=1S/C18H16FN5O2/c1-9-6-12(22-18(26)10(2)19)4-5-13(9)14-7-15-17(20)21-8-16(11(3)25)24(15)23-14/h4-8H,2H2,1,3H3,(H2,20,21)(H,22,26). The Hall–Kier alpha value is -3.55. The minimum Gasteiger partial charge on any atom is -0.382 e. The summed E-state index contributed by atoms with van der Waals surface area (Å²) < 4.78 is 14.3. The molecule has 0 aliphatic rings. The van der Waals surface area contributed by atoms with Gasteiger partial charge in [-0.1, -0.05) is 12.6 Å². The highest BCUT2D eigenvalue weighted by Crippen LogP contribution is 2.28. The van der Waals surface area contributed by atoms with Crippen LogP contribution in [0, 0.1) is 6.92 Å². The zero-order valence-electron chi connectivity index (χ0n) is 14.2. The number of anilines is 2. The Morgan fingerprint density at radius 3 is 2.65 bits per heavy atom. The molecule has 0 fully saturated rings. The normalized spacial score (nSPS) is 10.7. The second-order valence-corrected chi connectivity index (χ2v) is 5.80. The van der Waals surface area contributed by atoms with Gasteiger partial charge < -0.3 is 11.1 Å². The van der Waals surface area contributed by atoms with Gasteiger partial charge in [-0.2, -0.15) is 5.10 Å². The molecule has 26 heavy (non-hydrogen) atoms. The third-order valence-corrected chi connectivity index (χ3v) is 3.89. The van der Waals surface area contributed by atoms with Crippen LogP contribution >= 0.6 is 0 Å². The SMILES string of the molecule is C=C(F)C(=O)Nc1ccc(-c2cc3c(N)ncc(C(C)=O)n3n2)c(C)c1. The molecule has 0 aliphatic carbocycles. The predicted molar refractivity (Wildman–Crippen MR) is 96.5 cm³/mol. The first kappa shape index (κ1) is 17.3. The molecule has 7 nitrogen and oxygen atoms in total. The van der Waals surface area contributed by atoms with Crippen LogP contribution in [0.1, 0.15) is 23.0 Å². The van der Waals surface area contributed by atoms with Crippen LogP contribution in [0.2, 0.25) is 0 Å². The van der Waals surface area contributed by atoms with Crippen LogP contribution < -0.4 is 11.1 Å². The molecule has 132 valence electrons. The van der Waals surface area contributed by atoms with Gasteiger partial charge in [-0.15, -0.1) is 0 Å². The molecule has 0 unspecified atom stereocenters. The Balaban J connectivity index is 2.05. The molecule has 1 aromatic carbocycles. The lowest BCUT2D eigenvalue weighted by molar-refractivity contribution is -0.114. The van der Waals surface area contributed by atoms with Crippen molar-refractivity contribution >= 4 is 28.7 Å². The van der Waals surface area contributed by atoms with E-state index in [1.165, 1.54) is 17.6 Å². The van der Waals surface area contributed by atoms with Gasteiger partial charge in [-0.05, 0) is 30.7 Å². The minimum atomic E-state index is -1.06. The topological polar surface area (TPSA) is 102 Å². The maximum absolute atomic E-state index is 12.8. The Labute approximate surface area is 148 Å². The number of carbonyl (C=O) groups excluding carboxylic acids is 2. The third kappa shape index (κ3) is 3.04. The van der Waals surface area contributed by atoms with E-state index in [1.54, 1.807) is 24.3 Å². The average Bonchev–Trinajstić information content (AvgIpc) is 3.00. The number of nitrogens with zero attached hydrogens (tertiary/aromatic N) is 3. The molecule has 2 aromatic heterocycles. The van der Waals surface area contributed by atoms with Crippen LogP contribution in [0.3, 0.4) is 0 Å². The minimum absolute atomic E-state index is 0.182. The number of benzene rings is 1. The van der Waals surface area contributed by atoms with Crippen molar-refractivity contribution in [1.82, 2.24) is 14.6 Å². The lowest BCUT2D eigenvalue weighted by Crippen LogP contribution is -2.11. The molecule has 1 amide bonds. The third-order valence-electron chi connectivity index (χ3n) is 3.89. The first-order chi connectivity index (χ1) is 12.3. The summed E-state index contributed by atoms with van der Waals surface area (Å²) in [7, 11) is 0. The van der Waals surface area contributed by atoms with Crippen LogP contribution in [0.5, 0.6) is 0 Å². The van der Waals surface area contributed by atoms with Crippen molar-refractivity contribution in [2.75, 3.05) is 11.1 Å². The summed E-state index contributed by atoms with van der Waals surface area (Å²) in [6.07, 6.45) is 1.39. The van der Waals surface area contributed by atoms with Crippen LogP contribution in [0.25, 0.3) is 16.8 Å². The van der Waals surface area contributed by atoms with Crippen LogP contribution in [-0.4, -0.2) is 26.3 Å². The Morgan fingerprint density at radius 2 is 2.04 bits per heavy atom. The number of hydrogen-bond acceptors (Lipinski definition) is 5. The number of aryl methyl sites for hydroxylation is 1. The predicted octanol–water partition coefficient (Wildman–Crippen LogP) is 2.91. The maximum Gasteiger partial charge on any atom is 0.283 e. The van der Waals surface area contributed by atoms with E-state index in [1.807, 2.05) is 6.92 Å². The molecular formula is C18H16FN5O2. The second-order valence-electron chi connectivity index (χ2n) is 5.80. The van der Waals surface area contributed by atoms with Crippen molar-refractivity contribution in [3.63, 3.8) is 0 Å². The first-order valence-corrected chi connectivity index (χ1v) is 7.70. The molecule has 0 aliphatic heterocycles. The van der Waals surface area contributed by atoms with Crippen LogP contribution in [-0.2, 0) is 4.79 Å². The summed E-state index contributed by atoms with van der Waals surface area (Å²) in [6.45, 7) is 6.21. The Bertz CT molecular complexity index is 1070. The smallest absolute Gasteiger partial charge is 0.283 e. The molecule has 3 aromatic rings. The maximum atomic E-state index is 12.8. The summed E-state index contributed by atoms with van der Waals surface area (Å²) in [5, 5.41) is 6.87. The average molecular weight is 353 g/mol. The molecular weight excluding hydrogens is 337 g/mol. The quantitative estimate of drug-likeness (QED) is 0.554. The van der Waals surface area contributed by atoms with E-state index < -0.39 is 11.7 Å². The summed E-state index contributed by atoms with van der Waals surface area (Å²) in [5.74, 6) is -1.88. The highest BCUT2D eigenvalue weighted by molar-refractivity contribution is 6.01. The highest BCUT2D eigenvalue weighted by Gasteiger charge is 2.15. The number of nitrogens with one attached hydrogen (secondary N) is 1. The number of fused-ring (bicyclic) bond motifs is 1. The van der Waals surface area contributed by atoms with Crippen LogP contribution in [0.15, 0.2) is 42.9 Å². The van der Waals surface area contributed by atoms with Gasteiger partial charge in [0.1, 0.15) is 17.0 Å². The number of halogens is 1. The lowest BCUT2D eigenvalue weighted by atomic mass is 10.0. The fourth-order valence-electron chi connectivity index (χ4n) is 2.60. The largest absolute Gasteiger partial charge is 0.382 e. The molecule has 3 rings (SSSR count). The number of carbonyl (C=O) groups is 2. The number of Topliss-reactive ketones (excluding diaryl/α,β-unsaturated/α-hetero) is 1. The van der Waals surface area contributed by atoms with Crippen molar-refractivity contribution in [3.8, 4) is 11.3 Å². The van der Waals surface area contributed by atoms with Gasteiger partial charge in [-0.3, -0.25) is 9.59 Å². The van der Waals surface area contributed by atoms with E-state index in [-0.39, 0.29) is 11.6 Å². The summed E-state index contributed by atoms with van der Waals surface area (Å²) >= 11 is 0. The zero-order valence-corrected chi connectivity index (χ0v) is 14.2. The van der Waals surface area contributed by atoms with E-state index in [9.17, 15) is 14.0 Å². The number of amides is 1. The van der Waals surface area contributed by atoms with Crippen molar-refractivity contribution in [2.24, 2.45) is 0 Å². The van der Waals surface area contributed by atoms with Crippen molar-refractivity contribution < 1.29 is 14.0 Å². The summed E-state index contributed by atoms with van der Waals surface area (Å²) in [6, 6.07) is 6.79. The number of hydrogen-bond donors (Lipinski definition) is 2. The first-order valence-electron chi connectivity index (χ1n) is 7.70. The molecule has 0 spiro atoms. The Kier molecular flexibility index (Phi) is 4.25. The van der Waals surface area contributed by atoms with Gasteiger partial charge in [0.25, 0.3) is 5.91 Å². The number of rotatable bonds is 4. The van der Waals surface area contributed by atoms with Crippen LogP contribution in [0.4, 0.5) is 15.9 Å². The monoisotopic (exact) mass is 353 g/mol. The molecule has 0 bridgehead atoms. The molecule has 0 radical (unpaired) electrons. The molecule has 0 atom stereocenters. The second kappa shape index (κ2) is 6.40. The fraction of sp³-hybridized carbons (Fsp3) is 0.111. The number of aromatic nitrogens is 3. The van der Waals surface area contributed by atoms with Gasteiger partial charge in [0.2, 0.25) is 0 Å². The van der Waals surface area contributed by atoms with Gasteiger partial charge in [0.15, 0.2) is 11.6 Å². The zero-order chi connectivity index (χ0) is 19.0. The van der Waals surface area contributed by atoms with E-state index in [0.29, 0.717) is 22.6 Å². The van der Waals surface area contributed by atoms with E-state index in [0.717, 1.165) is 11.1 Å². The Morgan fingerprint density at radius 1 is 1.31 bits per heavy atom. The van der Waals surface area contributed by atoms with Crippen molar-refractivity contribution in [2.45, 2.75) is 13.8 Å². The van der Waals surface area contributed by atoms with E-state index in [4.69, 9.17) is 5.73 Å². The molecule has 3 N–H and O–H groups in total. The van der Waals surface area contributed by atoms with Gasteiger partial charge in [-0.25, -0.2) is 13.9 Å².